The molecule has 32 heavy (non-hydrogen) atoms. The zero-order valence-electron chi connectivity index (χ0n) is 19.8. The van der Waals surface area contributed by atoms with Crippen molar-refractivity contribution in [1.82, 2.24) is 10.2 Å². The molecule has 0 saturated carbocycles. The Labute approximate surface area is 200 Å². The van der Waals surface area contributed by atoms with E-state index in [9.17, 15) is 9.59 Å². The molecule has 1 atom stereocenters. The van der Waals surface area contributed by atoms with Crippen LogP contribution in [0.3, 0.4) is 0 Å². The topological polar surface area (TPSA) is 58.6 Å². The van der Waals surface area contributed by atoms with Crippen molar-refractivity contribution in [3.05, 3.63) is 63.6 Å². The lowest BCUT2D eigenvalue weighted by molar-refractivity contribution is -0.143. The van der Waals surface area contributed by atoms with Crippen LogP contribution in [0.25, 0.3) is 0 Å². The van der Waals surface area contributed by atoms with Crippen LogP contribution >= 0.6 is 15.9 Å². The van der Waals surface area contributed by atoms with Gasteiger partial charge in [-0.1, -0.05) is 63.6 Å². The maximum absolute atomic E-state index is 13.3. The highest BCUT2D eigenvalue weighted by atomic mass is 79.9. The molecule has 2 aromatic carbocycles. The second kappa shape index (κ2) is 12.6. The lowest BCUT2D eigenvalue weighted by Gasteiger charge is -2.31. The molecule has 2 aromatic rings. The molecule has 5 nitrogen and oxygen atoms in total. The number of hydrogen-bond donors (Lipinski definition) is 1. The standard InChI is InChI=1S/C26H35BrN2O3/c1-6-20-12-13-24(22(27)14-20)32-17-25(30)29(16-21-10-8-19(5)9-11-21)23(7-2)26(31)28-15-18(3)4/h8-14,18,23H,6-7,15-17H2,1-5H3,(H,28,31)/t23-/m1/s1. The molecule has 0 aliphatic carbocycles. The number of carbonyl (C=O) groups is 2. The van der Waals surface area contributed by atoms with E-state index in [1.165, 1.54) is 5.56 Å². The summed E-state index contributed by atoms with van der Waals surface area (Å²) >= 11 is 3.52. The molecule has 0 aliphatic rings. The summed E-state index contributed by atoms with van der Waals surface area (Å²) in [5, 5.41) is 2.98. The first kappa shape index (κ1) is 25.9. The van der Waals surface area contributed by atoms with Crippen molar-refractivity contribution >= 4 is 27.7 Å². The smallest absolute Gasteiger partial charge is 0.261 e. The maximum Gasteiger partial charge on any atom is 0.261 e. The molecular weight excluding hydrogens is 468 g/mol. The van der Waals surface area contributed by atoms with Crippen LogP contribution in [0.15, 0.2) is 46.9 Å². The molecule has 2 rings (SSSR count). The van der Waals surface area contributed by atoms with Gasteiger partial charge in [0.2, 0.25) is 5.91 Å². The highest BCUT2D eigenvalue weighted by molar-refractivity contribution is 9.10. The highest BCUT2D eigenvalue weighted by Crippen LogP contribution is 2.26. The van der Waals surface area contributed by atoms with Gasteiger partial charge in [-0.2, -0.15) is 0 Å². The molecule has 0 fully saturated rings. The molecule has 0 saturated heterocycles. The number of benzene rings is 2. The summed E-state index contributed by atoms with van der Waals surface area (Å²) in [6.07, 6.45) is 1.45. The third-order valence-corrected chi connectivity index (χ3v) is 5.92. The fraction of sp³-hybridized carbons (Fsp3) is 0.462. The van der Waals surface area contributed by atoms with Crippen LogP contribution in [0, 0.1) is 12.8 Å². The van der Waals surface area contributed by atoms with Crippen LogP contribution in [0.5, 0.6) is 5.75 Å². The van der Waals surface area contributed by atoms with E-state index in [-0.39, 0.29) is 18.4 Å². The molecule has 0 heterocycles. The molecule has 1 N–H and O–H groups in total. The van der Waals surface area contributed by atoms with Gasteiger partial charge in [-0.15, -0.1) is 0 Å². The van der Waals surface area contributed by atoms with Gasteiger partial charge in [0.25, 0.3) is 5.91 Å². The van der Waals surface area contributed by atoms with Gasteiger partial charge < -0.3 is 15.0 Å². The average Bonchev–Trinajstić information content (AvgIpc) is 2.77. The van der Waals surface area contributed by atoms with E-state index in [4.69, 9.17) is 4.74 Å². The number of hydrogen-bond acceptors (Lipinski definition) is 3. The molecule has 0 radical (unpaired) electrons. The largest absolute Gasteiger partial charge is 0.483 e. The fourth-order valence-electron chi connectivity index (χ4n) is 3.34. The van der Waals surface area contributed by atoms with Gasteiger partial charge >= 0.3 is 0 Å². The van der Waals surface area contributed by atoms with Gasteiger partial charge in [0.1, 0.15) is 11.8 Å². The molecule has 2 amide bonds. The summed E-state index contributed by atoms with van der Waals surface area (Å²) in [6.45, 7) is 10.9. The predicted molar refractivity (Wildman–Crippen MR) is 133 cm³/mol. The Morgan fingerprint density at radius 3 is 2.28 bits per heavy atom. The summed E-state index contributed by atoms with van der Waals surface area (Å²) in [4.78, 5) is 27.8. The van der Waals surface area contributed by atoms with Crippen LogP contribution in [0.1, 0.15) is 50.8 Å². The van der Waals surface area contributed by atoms with Crippen LogP contribution in [0.4, 0.5) is 0 Å². The molecule has 0 spiro atoms. The number of amides is 2. The summed E-state index contributed by atoms with van der Waals surface area (Å²) in [5.74, 6) is 0.603. The molecule has 0 aromatic heterocycles. The minimum absolute atomic E-state index is 0.129. The van der Waals surface area contributed by atoms with Crippen molar-refractivity contribution < 1.29 is 14.3 Å². The van der Waals surface area contributed by atoms with E-state index in [2.05, 4.69) is 28.2 Å². The second-order valence-corrected chi connectivity index (χ2v) is 9.33. The molecule has 0 unspecified atom stereocenters. The number of carbonyl (C=O) groups excluding carboxylic acids is 2. The lowest BCUT2D eigenvalue weighted by atomic mass is 10.1. The summed E-state index contributed by atoms with van der Waals surface area (Å²) < 4.78 is 6.65. The minimum Gasteiger partial charge on any atom is -0.483 e. The maximum atomic E-state index is 13.3. The van der Waals surface area contributed by atoms with Gasteiger partial charge in [-0.25, -0.2) is 0 Å². The molecule has 174 valence electrons. The molecule has 0 aliphatic heterocycles. The first-order valence-electron chi connectivity index (χ1n) is 11.3. The van der Waals surface area contributed by atoms with Gasteiger partial charge in [-0.05, 0) is 64.9 Å². The Bertz CT molecular complexity index is 896. The Kier molecular flexibility index (Phi) is 10.2. The van der Waals surface area contributed by atoms with E-state index in [0.29, 0.717) is 31.2 Å². The quantitative estimate of drug-likeness (QED) is 0.454. The van der Waals surface area contributed by atoms with Gasteiger partial charge in [-0.3, -0.25) is 9.59 Å². The van der Waals surface area contributed by atoms with Crippen LogP contribution < -0.4 is 10.1 Å². The number of nitrogens with zero attached hydrogens (tertiary/aromatic N) is 1. The number of aryl methyl sites for hydroxylation is 2. The Hall–Kier alpha value is -2.34. The third-order valence-electron chi connectivity index (χ3n) is 5.30. The average molecular weight is 503 g/mol. The number of nitrogens with one attached hydrogen (secondary N) is 1. The van der Waals surface area contributed by atoms with E-state index in [1.54, 1.807) is 4.90 Å². The lowest BCUT2D eigenvalue weighted by Crippen LogP contribution is -2.50. The Balaban J connectivity index is 2.20. The third kappa shape index (κ3) is 7.66. The van der Waals surface area contributed by atoms with Crippen molar-refractivity contribution in [1.29, 1.82) is 0 Å². The zero-order chi connectivity index (χ0) is 23.7. The van der Waals surface area contributed by atoms with Crippen molar-refractivity contribution in [2.24, 2.45) is 5.92 Å². The molecule has 6 heteroatoms. The van der Waals surface area contributed by atoms with Crippen molar-refractivity contribution in [3.63, 3.8) is 0 Å². The van der Waals surface area contributed by atoms with E-state index >= 15 is 0 Å². The zero-order valence-corrected chi connectivity index (χ0v) is 21.4. The molecule has 0 bridgehead atoms. The first-order chi connectivity index (χ1) is 15.2. The SMILES string of the molecule is CCc1ccc(OCC(=O)N(Cc2ccc(C)cc2)[C@H](CC)C(=O)NCC(C)C)c(Br)c1. The van der Waals surface area contributed by atoms with Crippen LogP contribution in [-0.4, -0.2) is 35.9 Å². The van der Waals surface area contributed by atoms with Crippen LogP contribution in [-0.2, 0) is 22.6 Å². The normalized spacial score (nSPS) is 11.8. The predicted octanol–water partition coefficient (Wildman–Crippen LogP) is 5.28. The van der Waals surface area contributed by atoms with E-state index in [1.807, 2.05) is 70.2 Å². The Morgan fingerprint density at radius 2 is 1.72 bits per heavy atom. The summed E-state index contributed by atoms with van der Waals surface area (Å²) in [7, 11) is 0. The highest BCUT2D eigenvalue weighted by Gasteiger charge is 2.29. The Morgan fingerprint density at radius 1 is 1.06 bits per heavy atom. The number of ether oxygens (including phenoxy) is 1. The van der Waals surface area contributed by atoms with Gasteiger partial charge in [0.05, 0.1) is 4.47 Å². The van der Waals surface area contributed by atoms with Crippen molar-refractivity contribution in [2.45, 2.75) is 60.0 Å². The molecular formula is C26H35BrN2O3. The van der Waals surface area contributed by atoms with Crippen molar-refractivity contribution in [3.8, 4) is 5.75 Å². The van der Waals surface area contributed by atoms with Gasteiger partial charge in [0, 0.05) is 13.1 Å². The second-order valence-electron chi connectivity index (χ2n) is 8.48. The number of halogens is 1. The minimum atomic E-state index is -0.558. The van der Waals surface area contributed by atoms with E-state index < -0.39 is 6.04 Å². The van der Waals surface area contributed by atoms with E-state index in [0.717, 1.165) is 22.0 Å². The summed E-state index contributed by atoms with van der Waals surface area (Å²) in [6, 6.07) is 13.3. The van der Waals surface area contributed by atoms with Crippen molar-refractivity contribution in [2.75, 3.05) is 13.2 Å². The number of rotatable bonds is 11. The first-order valence-corrected chi connectivity index (χ1v) is 12.1. The summed E-state index contributed by atoms with van der Waals surface area (Å²) in [5.41, 5.74) is 3.31. The van der Waals surface area contributed by atoms with Gasteiger partial charge in [0.15, 0.2) is 6.61 Å². The van der Waals surface area contributed by atoms with Crippen LogP contribution in [0.2, 0.25) is 0 Å². The fourth-order valence-corrected chi connectivity index (χ4v) is 3.88. The monoisotopic (exact) mass is 502 g/mol.